The number of nitrogens with zero attached hydrogens (tertiary/aromatic N) is 5. The van der Waals surface area contributed by atoms with Gasteiger partial charge in [0.2, 0.25) is 0 Å². The van der Waals surface area contributed by atoms with Crippen LogP contribution in [0.1, 0.15) is 10.5 Å². The van der Waals surface area contributed by atoms with Gasteiger partial charge >= 0.3 is 0 Å². The van der Waals surface area contributed by atoms with Crippen molar-refractivity contribution >= 4 is 22.5 Å². The summed E-state index contributed by atoms with van der Waals surface area (Å²) in [4.78, 5) is 12.4. The van der Waals surface area contributed by atoms with Gasteiger partial charge in [0.25, 0.3) is 5.91 Å². The van der Waals surface area contributed by atoms with Gasteiger partial charge < -0.3 is 5.32 Å². The highest BCUT2D eigenvalue weighted by Gasteiger charge is 2.14. The number of hydrogen-bond donors (Lipinski definition) is 2. The lowest BCUT2D eigenvalue weighted by molar-refractivity contribution is 0.102. The molecular weight excluding hydrogens is 294 g/mol. The summed E-state index contributed by atoms with van der Waals surface area (Å²) >= 11 is 0. The molecule has 2 N–H and O–H groups in total. The lowest BCUT2D eigenvalue weighted by atomic mass is 10.2. The molecule has 0 radical (unpaired) electrons. The zero-order chi connectivity index (χ0) is 15.6. The quantitative estimate of drug-likeness (QED) is 0.601. The molecule has 112 valence electrons. The fourth-order valence-corrected chi connectivity index (χ4v) is 2.33. The number of amides is 1. The Kier molecular flexibility index (Phi) is 3.05. The standard InChI is InChI=1S/C15H11N7O/c23-15(14-12-6-1-2-7-13(12)18-19-14)17-10-4-3-5-11(8-10)22-9-16-20-21-22/h1-9H,(H,17,23)(H,18,19). The van der Waals surface area contributed by atoms with Gasteiger partial charge in [0, 0.05) is 11.1 Å². The van der Waals surface area contributed by atoms with E-state index in [0.717, 1.165) is 16.6 Å². The number of carbonyl (C=O) groups is 1. The number of fused-ring (bicyclic) bond motifs is 1. The molecule has 2 aromatic carbocycles. The van der Waals surface area contributed by atoms with E-state index in [2.05, 4.69) is 31.0 Å². The Morgan fingerprint density at radius 2 is 2.04 bits per heavy atom. The lowest BCUT2D eigenvalue weighted by Gasteiger charge is -2.06. The summed E-state index contributed by atoms with van der Waals surface area (Å²) in [6, 6.07) is 14.7. The number of benzene rings is 2. The lowest BCUT2D eigenvalue weighted by Crippen LogP contribution is -2.13. The molecule has 0 saturated carbocycles. The monoisotopic (exact) mass is 305 g/mol. The van der Waals surface area contributed by atoms with E-state index in [1.54, 1.807) is 12.1 Å². The van der Waals surface area contributed by atoms with Crippen molar-refractivity contribution in [2.75, 3.05) is 5.32 Å². The van der Waals surface area contributed by atoms with Crippen molar-refractivity contribution in [2.45, 2.75) is 0 Å². The smallest absolute Gasteiger partial charge is 0.276 e. The second-order valence-corrected chi connectivity index (χ2v) is 4.88. The third-order valence-electron chi connectivity index (χ3n) is 3.40. The average molecular weight is 305 g/mol. The minimum absolute atomic E-state index is 0.281. The van der Waals surface area contributed by atoms with Gasteiger partial charge in [-0.2, -0.15) is 5.10 Å². The highest BCUT2D eigenvalue weighted by atomic mass is 16.1. The van der Waals surface area contributed by atoms with E-state index in [1.165, 1.54) is 11.0 Å². The molecule has 23 heavy (non-hydrogen) atoms. The van der Waals surface area contributed by atoms with Crippen LogP contribution in [0, 0.1) is 0 Å². The van der Waals surface area contributed by atoms with Crippen molar-refractivity contribution in [3.63, 3.8) is 0 Å². The minimum atomic E-state index is -0.281. The van der Waals surface area contributed by atoms with Crippen LogP contribution in [0.4, 0.5) is 5.69 Å². The predicted molar refractivity (Wildman–Crippen MR) is 83.2 cm³/mol. The maximum Gasteiger partial charge on any atom is 0.276 e. The molecule has 0 bridgehead atoms. The number of aromatic nitrogens is 6. The van der Waals surface area contributed by atoms with Crippen molar-refractivity contribution in [1.29, 1.82) is 0 Å². The number of para-hydroxylation sites is 1. The van der Waals surface area contributed by atoms with Gasteiger partial charge in [-0.15, -0.1) is 5.10 Å². The highest BCUT2D eigenvalue weighted by Crippen LogP contribution is 2.18. The third-order valence-corrected chi connectivity index (χ3v) is 3.40. The second-order valence-electron chi connectivity index (χ2n) is 4.88. The minimum Gasteiger partial charge on any atom is -0.321 e. The molecule has 1 amide bonds. The maximum absolute atomic E-state index is 12.4. The molecule has 0 aliphatic carbocycles. The number of tetrazole rings is 1. The first-order valence-corrected chi connectivity index (χ1v) is 6.89. The van der Waals surface area contributed by atoms with E-state index in [1.807, 2.05) is 36.4 Å². The van der Waals surface area contributed by atoms with Crippen LogP contribution >= 0.6 is 0 Å². The topological polar surface area (TPSA) is 101 Å². The highest BCUT2D eigenvalue weighted by molar-refractivity contribution is 6.11. The van der Waals surface area contributed by atoms with Crippen LogP contribution in [0.3, 0.4) is 0 Å². The van der Waals surface area contributed by atoms with Crippen molar-refractivity contribution in [1.82, 2.24) is 30.4 Å². The molecule has 2 aromatic heterocycles. The van der Waals surface area contributed by atoms with Crippen molar-refractivity contribution in [3.8, 4) is 5.69 Å². The molecule has 4 aromatic rings. The molecule has 0 aliphatic rings. The first kappa shape index (κ1) is 13.1. The Morgan fingerprint density at radius 3 is 2.91 bits per heavy atom. The van der Waals surface area contributed by atoms with E-state index < -0.39 is 0 Å². The third kappa shape index (κ3) is 2.42. The Morgan fingerprint density at radius 1 is 1.13 bits per heavy atom. The van der Waals surface area contributed by atoms with Gasteiger partial charge in [-0.1, -0.05) is 24.3 Å². The zero-order valence-corrected chi connectivity index (χ0v) is 11.8. The zero-order valence-electron chi connectivity index (χ0n) is 11.8. The van der Waals surface area contributed by atoms with Crippen LogP contribution in [-0.2, 0) is 0 Å². The van der Waals surface area contributed by atoms with E-state index >= 15 is 0 Å². The molecule has 2 heterocycles. The van der Waals surface area contributed by atoms with Crippen LogP contribution in [0.15, 0.2) is 54.9 Å². The summed E-state index contributed by atoms with van der Waals surface area (Å²) in [5.41, 5.74) is 2.56. The average Bonchev–Trinajstić information content (AvgIpc) is 3.25. The Bertz CT molecular complexity index is 974. The first-order chi connectivity index (χ1) is 11.3. The molecule has 0 saturated heterocycles. The van der Waals surface area contributed by atoms with Crippen molar-refractivity contribution in [3.05, 3.63) is 60.6 Å². The molecule has 0 spiro atoms. The van der Waals surface area contributed by atoms with Crippen LogP contribution in [0.5, 0.6) is 0 Å². The maximum atomic E-state index is 12.4. The van der Waals surface area contributed by atoms with E-state index in [9.17, 15) is 4.79 Å². The SMILES string of the molecule is O=C(Nc1cccc(-n2cnnn2)c1)c1n[nH]c2ccccc12. The summed E-state index contributed by atoms with van der Waals surface area (Å²) in [7, 11) is 0. The molecule has 8 nitrogen and oxygen atoms in total. The normalized spacial score (nSPS) is 10.8. The first-order valence-electron chi connectivity index (χ1n) is 6.89. The number of aromatic amines is 1. The molecule has 0 aliphatic heterocycles. The van der Waals surface area contributed by atoms with Crippen molar-refractivity contribution in [2.24, 2.45) is 0 Å². The molecule has 0 fully saturated rings. The number of nitrogens with one attached hydrogen (secondary N) is 2. The van der Waals surface area contributed by atoms with Crippen LogP contribution in [0.25, 0.3) is 16.6 Å². The summed E-state index contributed by atoms with van der Waals surface area (Å²) in [5.74, 6) is -0.281. The Labute approximate surface area is 130 Å². The molecule has 0 atom stereocenters. The van der Waals surface area contributed by atoms with Gasteiger partial charge in [0.15, 0.2) is 5.69 Å². The van der Waals surface area contributed by atoms with Gasteiger partial charge in [0.05, 0.1) is 11.2 Å². The molecular formula is C15H11N7O. The van der Waals surface area contributed by atoms with Crippen molar-refractivity contribution < 1.29 is 4.79 Å². The number of H-pyrrole nitrogens is 1. The summed E-state index contributed by atoms with van der Waals surface area (Å²) in [6.07, 6.45) is 1.49. The van der Waals surface area contributed by atoms with E-state index in [0.29, 0.717) is 11.4 Å². The number of anilines is 1. The second kappa shape index (κ2) is 5.34. The Balaban J connectivity index is 1.63. The molecule has 4 rings (SSSR count). The van der Waals surface area contributed by atoms with Gasteiger partial charge in [-0.3, -0.25) is 9.89 Å². The fraction of sp³-hybridized carbons (Fsp3) is 0. The summed E-state index contributed by atoms with van der Waals surface area (Å²) in [6.45, 7) is 0. The van der Waals surface area contributed by atoms with Gasteiger partial charge in [0.1, 0.15) is 6.33 Å². The Hall–Kier alpha value is -3.55. The largest absolute Gasteiger partial charge is 0.321 e. The summed E-state index contributed by atoms with van der Waals surface area (Å²) in [5, 5.41) is 21.6. The molecule has 0 unspecified atom stereocenters. The predicted octanol–water partition coefficient (Wildman–Crippen LogP) is 1.79. The van der Waals surface area contributed by atoms with Crippen LogP contribution in [0.2, 0.25) is 0 Å². The molecule has 8 heteroatoms. The van der Waals surface area contributed by atoms with Gasteiger partial charge in [-0.05, 0) is 34.7 Å². The number of carbonyl (C=O) groups excluding carboxylic acids is 1. The van der Waals surface area contributed by atoms with E-state index in [4.69, 9.17) is 0 Å². The number of rotatable bonds is 3. The van der Waals surface area contributed by atoms with E-state index in [-0.39, 0.29) is 5.91 Å². The fourth-order valence-electron chi connectivity index (χ4n) is 2.33. The van der Waals surface area contributed by atoms with Crippen LogP contribution in [-0.4, -0.2) is 36.3 Å². The van der Waals surface area contributed by atoms with Crippen LogP contribution < -0.4 is 5.32 Å². The summed E-state index contributed by atoms with van der Waals surface area (Å²) < 4.78 is 1.51. The van der Waals surface area contributed by atoms with Gasteiger partial charge in [-0.25, -0.2) is 4.68 Å². The number of hydrogen-bond acceptors (Lipinski definition) is 5.